The van der Waals surface area contributed by atoms with Crippen LogP contribution < -0.4 is 4.74 Å². The summed E-state index contributed by atoms with van der Waals surface area (Å²) in [6, 6.07) is 11.0. The van der Waals surface area contributed by atoms with Crippen LogP contribution in [-0.2, 0) is 9.84 Å². The van der Waals surface area contributed by atoms with Crippen molar-refractivity contribution in [2.24, 2.45) is 0 Å². The second kappa shape index (κ2) is 6.78. The van der Waals surface area contributed by atoms with E-state index in [0.717, 1.165) is 17.6 Å². The van der Waals surface area contributed by atoms with Crippen LogP contribution >= 0.6 is 0 Å². The van der Waals surface area contributed by atoms with E-state index in [9.17, 15) is 13.5 Å². The molecule has 0 radical (unpaired) electrons. The molecule has 0 amide bonds. The van der Waals surface area contributed by atoms with Gasteiger partial charge in [0.2, 0.25) is 0 Å². The largest absolute Gasteiger partial charge is 0.492 e. The van der Waals surface area contributed by atoms with E-state index >= 15 is 0 Å². The molecular formula is C18H20N2O4S. The number of aromatic nitrogens is 2. The minimum absolute atomic E-state index is 0.338. The van der Waals surface area contributed by atoms with Gasteiger partial charge in [-0.05, 0) is 42.0 Å². The Labute approximate surface area is 146 Å². The maximum absolute atomic E-state index is 11.6. The van der Waals surface area contributed by atoms with E-state index in [1.807, 2.05) is 58.2 Å². The molecule has 6 nitrogen and oxygen atoms in total. The fourth-order valence-electron chi connectivity index (χ4n) is 2.78. The van der Waals surface area contributed by atoms with Crippen LogP contribution in [0.4, 0.5) is 0 Å². The van der Waals surface area contributed by atoms with Gasteiger partial charge in [-0.1, -0.05) is 0 Å². The van der Waals surface area contributed by atoms with E-state index in [1.54, 1.807) is 19.2 Å². The molecule has 25 heavy (non-hydrogen) atoms. The zero-order valence-electron chi connectivity index (χ0n) is 14.0. The van der Waals surface area contributed by atoms with Crippen molar-refractivity contribution in [3.8, 4) is 17.1 Å². The quantitative estimate of drug-likeness (QED) is 0.732. The van der Waals surface area contributed by atoms with E-state index in [-0.39, 0.29) is 5.75 Å². The van der Waals surface area contributed by atoms with Crippen molar-refractivity contribution < 1.29 is 18.3 Å². The number of nitrogens with zero attached hydrogens (tertiary/aromatic N) is 2. The summed E-state index contributed by atoms with van der Waals surface area (Å²) in [5, 5.41) is 10.4. The second-order valence-corrected chi connectivity index (χ2v) is 8.07. The van der Waals surface area contributed by atoms with Crippen LogP contribution in [0.15, 0.2) is 61.2 Å². The molecule has 0 aliphatic rings. The van der Waals surface area contributed by atoms with Gasteiger partial charge >= 0.3 is 0 Å². The normalized spacial score (nSPS) is 12.9. The van der Waals surface area contributed by atoms with Crippen molar-refractivity contribution in [2.75, 3.05) is 19.1 Å². The molecule has 1 aromatic carbocycles. The molecule has 0 saturated heterocycles. The smallest absolute Gasteiger partial charge is 0.166 e. The molecule has 0 aliphatic carbocycles. The van der Waals surface area contributed by atoms with Gasteiger partial charge in [-0.25, -0.2) is 8.42 Å². The zero-order chi connectivity index (χ0) is 18.0. The van der Waals surface area contributed by atoms with E-state index < -0.39 is 15.9 Å². The molecule has 1 unspecified atom stereocenters. The molecule has 3 aromatic rings. The topological polar surface area (TPSA) is 73.5 Å². The molecule has 2 heterocycles. The monoisotopic (exact) mass is 360 g/mol. The highest BCUT2D eigenvalue weighted by molar-refractivity contribution is 7.90. The molecular weight excluding hydrogens is 340 g/mol. The number of hydrogen-bond donors (Lipinski definition) is 1. The number of hydrogen-bond acceptors (Lipinski definition) is 4. The summed E-state index contributed by atoms with van der Waals surface area (Å²) in [5.41, 5.74) is 1.96. The first kappa shape index (κ1) is 17.3. The summed E-state index contributed by atoms with van der Waals surface area (Å²) in [6.07, 6.45) is 7.45. The maximum atomic E-state index is 11.6. The highest BCUT2D eigenvalue weighted by Gasteiger charge is 2.20. The van der Waals surface area contributed by atoms with E-state index in [4.69, 9.17) is 4.74 Å². The molecule has 2 aromatic heterocycles. The number of aliphatic hydroxyl groups excluding tert-OH is 1. The van der Waals surface area contributed by atoms with E-state index in [2.05, 4.69) is 0 Å². The second-order valence-electron chi connectivity index (χ2n) is 5.88. The predicted octanol–water partition coefficient (Wildman–Crippen LogP) is 2.35. The maximum Gasteiger partial charge on any atom is 0.166 e. The predicted molar refractivity (Wildman–Crippen MR) is 96.3 cm³/mol. The third-order valence-electron chi connectivity index (χ3n) is 3.89. The SMILES string of the molecule is COc1c(-n2cccc2)cc(C(O)CS(C)(=O)=O)cc1-n1cccc1. The highest BCUT2D eigenvalue weighted by atomic mass is 32.2. The summed E-state index contributed by atoms with van der Waals surface area (Å²) in [5.74, 6) is 0.290. The van der Waals surface area contributed by atoms with Crippen molar-refractivity contribution in [1.82, 2.24) is 9.13 Å². The number of aliphatic hydroxyl groups is 1. The lowest BCUT2D eigenvalue weighted by Crippen LogP contribution is -2.14. The standard InChI is InChI=1S/C18H20N2O4S/c1-24-18-15(19-7-3-4-8-19)11-14(17(21)13-25(2,22)23)12-16(18)20-9-5-6-10-20/h3-12,17,21H,13H2,1-2H3. The summed E-state index contributed by atoms with van der Waals surface area (Å²) < 4.78 is 32.5. The lowest BCUT2D eigenvalue weighted by atomic mass is 10.1. The van der Waals surface area contributed by atoms with Crippen molar-refractivity contribution in [3.63, 3.8) is 0 Å². The Bertz CT molecular complexity index is 890. The number of sulfone groups is 1. The lowest BCUT2D eigenvalue weighted by molar-refractivity contribution is 0.201. The first-order valence-electron chi connectivity index (χ1n) is 7.73. The van der Waals surface area contributed by atoms with Gasteiger partial charge < -0.3 is 19.0 Å². The van der Waals surface area contributed by atoms with E-state index in [1.165, 1.54) is 0 Å². The van der Waals surface area contributed by atoms with Gasteiger partial charge in [0.1, 0.15) is 9.84 Å². The van der Waals surface area contributed by atoms with Gasteiger partial charge in [0.25, 0.3) is 0 Å². The van der Waals surface area contributed by atoms with Crippen LogP contribution in [0, 0.1) is 0 Å². The minimum Gasteiger partial charge on any atom is -0.492 e. The van der Waals surface area contributed by atoms with Crippen LogP contribution in [0.2, 0.25) is 0 Å². The molecule has 0 aliphatic heterocycles. The summed E-state index contributed by atoms with van der Waals surface area (Å²) in [7, 11) is -1.73. The number of methoxy groups -OCH3 is 1. The third kappa shape index (κ3) is 3.78. The molecule has 132 valence electrons. The number of rotatable bonds is 6. The summed E-state index contributed by atoms with van der Waals surface area (Å²) >= 11 is 0. The molecule has 3 rings (SSSR count). The molecule has 1 N–H and O–H groups in total. The molecule has 1 atom stereocenters. The van der Waals surface area contributed by atoms with Crippen molar-refractivity contribution in [1.29, 1.82) is 0 Å². The highest BCUT2D eigenvalue weighted by Crippen LogP contribution is 2.34. The Morgan fingerprint density at radius 2 is 1.44 bits per heavy atom. The van der Waals surface area contributed by atoms with Gasteiger partial charge in [-0.2, -0.15) is 0 Å². The Kier molecular flexibility index (Phi) is 4.69. The van der Waals surface area contributed by atoms with Crippen molar-refractivity contribution in [2.45, 2.75) is 6.10 Å². The minimum atomic E-state index is -3.32. The molecule has 0 bridgehead atoms. The molecule has 7 heteroatoms. The van der Waals surface area contributed by atoms with Crippen LogP contribution in [0.5, 0.6) is 5.75 Å². The Morgan fingerprint density at radius 1 is 1.00 bits per heavy atom. The van der Waals surface area contributed by atoms with Crippen molar-refractivity contribution in [3.05, 3.63) is 66.7 Å². The molecule has 0 fully saturated rings. The van der Waals surface area contributed by atoms with Gasteiger partial charge in [-0.3, -0.25) is 0 Å². The fourth-order valence-corrected chi connectivity index (χ4v) is 3.54. The fraction of sp³-hybridized carbons (Fsp3) is 0.222. The number of benzene rings is 1. The molecule has 0 spiro atoms. The van der Waals surface area contributed by atoms with Crippen LogP contribution in [0.3, 0.4) is 0 Å². The van der Waals surface area contributed by atoms with Crippen LogP contribution in [0.25, 0.3) is 11.4 Å². The van der Waals surface area contributed by atoms with Gasteiger partial charge in [0.05, 0.1) is 30.3 Å². The van der Waals surface area contributed by atoms with Crippen LogP contribution in [0.1, 0.15) is 11.7 Å². The Morgan fingerprint density at radius 3 is 1.80 bits per heavy atom. The summed E-state index contributed by atoms with van der Waals surface area (Å²) in [6.45, 7) is 0. The van der Waals surface area contributed by atoms with Crippen LogP contribution in [-0.4, -0.2) is 41.8 Å². The average Bonchev–Trinajstić information content (AvgIpc) is 3.25. The Balaban J connectivity index is 2.20. The number of ether oxygens (including phenoxy) is 1. The van der Waals surface area contributed by atoms with Crippen molar-refractivity contribution >= 4 is 9.84 Å². The zero-order valence-corrected chi connectivity index (χ0v) is 14.8. The lowest BCUT2D eigenvalue weighted by Gasteiger charge is -2.19. The molecule has 0 saturated carbocycles. The van der Waals surface area contributed by atoms with Gasteiger partial charge in [0, 0.05) is 31.0 Å². The summed E-state index contributed by atoms with van der Waals surface area (Å²) in [4.78, 5) is 0. The van der Waals surface area contributed by atoms with Gasteiger partial charge in [0.15, 0.2) is 5.75 Å². The van der Waals surface area contributed by atoms with Gasteiger partial charge in [-0.15, -0.1) is 0 Å². The Hall–Kier alpha value is -2.51. The average molecular weight is 360 g/mol. The first-order chi connectivity index (χ1) is 11.9. The van der Waals surface area contributed by atoms with E-state index in [0.29, 0.717) is 11.3 Å². The third-order valence-corrected chi connectivity index (χ3v) is 4.81. The first-order valence-corrected chi connectivity index (χ1v) is 9.79.